The van der Waals surface area contributed by atoms with Crippen molar-refractivity contribution in [3.05, 3.63) is 89.1 Å². The van der Waals surface area contributed by atoms with Gasteiger partial charge in [-0.3, -0.25) is 9.59 Å². The van der Waals surface area contributed by atoms with Crippen LogP contribution in [0, 0.1) is 13.8 Å². The molecule has 2 aromatic carbocycles. The largest absolute Gasteiger partial charge is 0.342 e. The van der Waals surface area contributed by atoms with Crippen LogP contribution in [0.25, 0.3) is 11.3 Å². The van der Waals surface area contributed by atoms with Crippen LogP contribution in [0.4, 0.5) is 5.13 Å². The van der Waals surface area contributed by atoms with Gasteiger partial charge in [-0.2, -0.15) is 0 Å². The van der Waals surface area contributed by atoms with E-state index in [0.29, 0.717) is 28.2 Å². The van der Waals surface area contributed by atoms with Gasteiger partial charge in [0, 0.05) is 22.5 Å². The minimum absolute atomic E-state index is 0.138. The van der Waals surface area contributed by atoms with Crippen molar-refractivity contribution in [1.29, 1.82) is 0 Å². The van der Waals surface area contributed by atoms with Crippen LogP contribution in [0.2, 0.25) is 0 Å². The molecule has 1 atom stereocenters. The molecule has 4 rings (SSSR count). The van der Waals surface area contributed by atoms with E-state index in [0.717, 1.165) is 21.7 Å². The number of hydrogen-bond acceptors (Lipinski definition) is 7. The van der Waals surface area contributed by atoms with E-state index in [1.165, 1.54) is 23.1 Å². The van der Waals surface area contributed by atoms with E-state index >= 15 is 0 Å². The van der Waals surface area contributed by atoms with Crippen molar-refractivity contribution in [3.63, 3.8) is 0 Å². The minimum Gasteiger partial charge on any atom is -0.342 e. The maximum absolute atomic E-state index is 12.7. The normalized spacial score (nSPS) is 11.6. The Kier molecular flexibility index (Phi) is 8.52. The second kappa shape index (κ2) is 12.0. The predicted molar refractivity (Wildman–Crippen MR) is 149 cm³/mol. The number of amides is 2. The van der Waals surface area contributed by atoms with Crippen LogP contribution >= 0.6 is 23.1 Å². The zero-order chi connectivity index (χ0) is 26.4. The lowest BCUT2D eigenvalue weighted by Gasteiger charge is -2.15. The topological polar surface area (TPSA) is 102 Å². The summed E-state index contributed by atoms with van der Waals surface area (Å²) in [5, 5.41) is 15.5. The first-order valence-corrected chi connectivity index (χ1v) is 13.5. The van der Waals surface area contributed by atoms with Crippen molar-refractivity contribution in [2.24, 2.45) is 0 Å². The van der Waals surface area contributed by atoms with Crippen molar-refractivity contribution in [1.82, 2.24) is 25.1 Å². The van der Waals surface area contributed by atoms with Gasteiger partial charge in [-0.1, -0.05) is 65.9 Å². The van der Waals surface area contributed by atoms with Gasteiger partial charge in [-0.15, -0.1) is 28.1 Å². The van der Waals surface area contributed by atoms with Crippen molar-refractivity contribution >= 4 is 40.0 Å². The maximum atomic E-state index is 12.7. The van der Waals surface area contributed by atoms with E-state index in [1.807, 2.05) is 67.8 Å². The lowest BCUT2D eigenvalue weighted by atomic mass is 10.1. The number of rotatable bonds is 10. The SMILES string of the molecule is C=CCn1c(SCC(=O)Nc2nc(-c3ccccc3)c(C)s2)nnc1C(C)NC(=O)c1ccc(C)cc1. The highest BCUT2D eigenvalue weighted by molar-refractivity contribution is 7.99. The van der Waals surface area contributed by atoms with Gasteiger partial charge in [0.15, 0.2) is 16.1 Å². The smallest absolute Gasteiger partial charge is 0.251 e. The van der Waals surface area contributed by atoms with Crippen molar-refractivity contribution in [3.8, 4) is 11.3 Å². The summed E-state index contributed by atoms with van der Waals surface area (Å²) in [5.41, 5.74) is 3.54. The molecule has 10 heteroatoms. The molecule has 0 saturated carbocycles. The molecular formula is C27H28N6O2S2. The molecule has 37 heavy (non-hydrogen) atoms. The van der Waals surface area contributed by atoms with Gasteiger partial charge in [0.2, 0.25) is 5.91 Å². The molecule has 8 nitrogen and oxygen atoms in total. The van der Waals surface area contributed by atoms with Gasteiger partial charge in [0.05, 0.1) is 17.5 Å². The molecule has 2 N–H and O–H groups in total. The highest BCUT2D eigenvalue weighted by atomic mass is 32.2. The summed E-state index contributed by atoms with van der Waals surface area (Å²) in [6.45, 7) is 10.1. The summed E-state index contributed by atoms with van der Waals surface area (Å²) in [5.74, 6) is 0.349. The summed E-state index contributed by atoms with van der Waals surface area (Å²) in [6, 6.07) is 16.9. The van der Waals surface area contributed by atoms with E-state index in [9.17, 15) is 9.59 Å². The van der Waals surface area contributed by atoms with Crippen LogP contribution in [0.15, 0.2) is 72.4 Å². The molecule has 0 aliphatic heterocycles. The Morgan fingerprint density at radius 2 is 1.84 bits per heavy atom. The highest BCUT2D eigenvalue weighted by Gasteiger charge is 2.21. The number of aryl methyl sites for hydroxylation is 2. The van der Waals surface area contributed by atoms with Gasteiger partial charge >= 0.3 is 0 Å². The molecule has 0 aliphatic carbocycles. The minimum atomic E-state index is -0.390. The van der Waals surface area contributed by atoms with Crippen molar-refractivity contribution in [2.75, 3.05) is 11.1 Å². The van der Waals surface area contributed by atoms with E-state index in [2.05, 4.69) is 32.4 Å². The van der Waals surface area contributed by atoms with Gasteiger partial charge in [0.25, 0.3) is 5.91 Å². The Hall–Kier alpha value is -3.76. The number of carbonyl (C=O) groups excluding carboxylic acids is 2. The summed E-state index contributed by atoms with van der Waals surface area (Å²) in [7, 11) is 0. The molecule has 190 valence electrons. The number of benzene rings is 2. The summed E-state index contributed by atoms with van der Waals surface area (Å²) in [4.78, 5) is 31.0. The molecule has 0 bridgehead atoms. The lowest BCUT2D eigenvalue weighted by Crippen LogP contribution is -2.28. The van der Waals surface area contributed by atoms with Gasteiger partial charge in [-0.05, 0) is 32.9 Å². The summed E-state index contributed by atoms with van der Waals surface area (Å²) in [6.07, 6.45) is 1.73. The van der Waals surface area contributed by atoms with Crippen LogP contribution in [0.1, 0.15) is 39.6 Å². The molecule has 4 aromatic rings. The summed E-state index contributed by atoms with van der Waals surface area (Å²) < 4.78 is 1.85. The van der Waals surface area contributed by atoms with Crippen molar-refractivity contribution in [2.45, 2.75) is 38.5 Å². The number of anilines is 1. The average Bonchev–Trinajstić information content (AvgIpc) is 3.46. The zero-order valence-electron chi connectivity index (χ0n) is 20.9. The third kappa shape index (κ3) is 6.52. The molecule has 0 radical (unpaired) electrons. The number of thiazole rings is 1. The molecule has 1 unspecified atom stereocenters. The summed E-state index contributed by atoms with van der Waals surface area (Å²) >= 11 is 2.71. The first kappa shape index (κ1) is 26.3. The second-order valence-corrected chi connectivity index (χ2v) is 10.6. The van der Waals surface area contributed by atoms with Crippen LogP contribution in [0.5, 0.6) is 0 Å². The van der Waals surface area contributed by atoms with E-state index in [1.54, 1.807) is 18.2 Å². The van der Waals surface area contributed by atoms with E-state index in [4.69, 9.17) is 0 Å². The molecule has 0 fully saturated rings. The number of aromatic nitrogens is 4. The first-order valence-electron chi connectivity index (χ1n) is 11.7. The number of allylic oxidation sites excluding steroid dienone is 1. The molecule has 0 spiro atoms. The zero-order valence-corrected chi connectivity index (χ0v) is 22.5. The van der Waals surface area contributed by atoms with E-state index < -0.39 is 0 Å². The van der Waals surface area contributed by atoms with Crippen LogP contribution in [-0.4, -0.2) is 37.3 Å². The number of thioether (sulfide) groups is 1. The first-order chi connectivity index (χ1) is 17.9. The number of nitrogens with one attached hydrogen (secondary N) is 2. The van der Waals surface area contributed by atoms with Gasteiger partial charge in [0.1, 0.15) is 0 Å². The van der Waals surface area contributed by atoms with E-state index in [-0.39, 0.29) is 23.6 Å². The Morgan fingerprint density at radius 3 is 2.54 bits per heavy atom. The maximum Gasteiger partial charge on any atom is 0.251 e. The highest BCUT2D eigenvalue weighted by Crippen LogP contribution is 2.30. The van der Waals surface area contributed by atoms with Crippen LogP contribution in [-0.2, 0) is 11.3 Å². The molecular weight excluding hydrogens is 504 g/mol. The Morgan fingerprint density at radius 1 is 1.11 bits per heavy atom. The third-order valence-electron chi connectivity index (χ3n) is 5.53. The Labute approximate surface area is 224 Å². The fourth-order valence-corrected chi connectivity index (χ4v) is 5.28. The number of nitrogens with zero attached hydrogens (tertiary/aromatic N) is 4. The average molecular weight is 533 g/mol. The number of hydrogen-bond donors (Lipinski definition) is 2. The number of carbonyl (C=O) groups is 2. The van der Waals surface area contributed by atoms with Crippen LogP contribution in [0.3, 0.4) is 0 Å². The third-order valence-corrected chi connectivity index (χ3v) is 7.38. The fourth-order valence-electron chi connectivity index (χ4n) is 3.68. The Balaban J connectivity index is 1.39. The molecule has 2 amide bonds. The quantitative estimate of drug-likeness (QED) is 0.209. The van der Waals surface area contributed by atoms with Gasteiger partial charge < -0.3 is 15.2 Å². The molecule has 0 saturated heterocycles. The molecule has 2 heterocycles. The predicted octanol–water partition coefficient (Wildman–Crippen LogP) is 5.43. The molecule has 0 aliphatic rings. The van der Waals surface area contributed by atoms with Gasteiger partial charge in [-0.25, -0.2) is 4.98 Å². The van der Waals surface area contributed by atoms with Crippen molar-refractivity contribution < 1.29 is 9.59 Å². The molecule has 2 aromatic heterocycles. The fraction of sp³-hybridized carbons (Fsp3) is 0.222. The standard InChI is InChI=1S/C27H28N6O2S2/c1-5-15-33-24(18(3)28-25(35)21-13-11-17(2)12-14-21)31-32-27(33)36-16-22(34)29-26-30-23(19(4)37-26)20-9-7-6-8-10-20/h5-14,18H,1,15-16H2,2-4H3,(H,28,35)(H,29,30,34). The second-order valence-electron chi connectivity index (χ2n) is 8.43. The van der Waals surface area contributed by atoms with Crippen LogP contribution < -0.4 is 10.6 Å². The lowest BCUT2D eigenvalue weighted by molar-refractivity contribution is -0.113. The Bertz CT molecular complexity index is 1400. The monoisotopic (exact) mass is 532 g/mol.